The van der Waals surface area contributed by atoms with Gasteiger partial charge in [0.2, 0.25) is 11.9 Å². The summed E-state index contributed by atoms with van der Waals surface area (Å²) < 4.78 is 1.60. The molecule has 2 heterocycles. The van der Waals surface area contributed by atoms with Crippen LogP contribution in [0.15, 0.2) is 0 Å². The molecular weight excluding hydrogens is 192 g/mol. The number of anilines is 2. The largest absolute Gasteiger partial charge is 0.369 e. The number of imidazole rings is 1. The van der Waals surface area contributed by atoms with Gasteiger partial charge in [0.15, 0.2) is 10.8 Å². The molecule has 0 atom stereocenters. The van der Waals surface area contributed by atoms with Crippen molar-refractivity contribution >= 4 is 34.7 Å². The van der Waals surface area contributed by atoms with E-state index in [1.807, 2.05) is 0 Å². The first-order chi connectivity index (χ1) is 6.09. The lowest BCUT2D eigenvalue weighted by Gasteiger charge is -1.96. The number of hydrogen-bond donors (Lipinski definition) is 2. The second-order valence-corrected chi connectivity index (χ2v) is 2.93. The second-order valence-electron chi connectivity index (χ2n) is 2.57. The van der Waals surface area contributed by atoms with E-state index in [0.29, 0.717) is 17.1 Å². The number of aromatic nitrogens is 4. The van der Waals surface area contributed by atoms with E-state index in [-0.39, 0.29) is 11.1 Å². The molecular formula is C6H7ClN6. The van der Waals surface area contributed by atoms with Crippen LogP contribution in [0.5, 0.6) is 0 Å². The molecule has 0 fully saturated rings. The van der Waals surface area contributed by atoms with Crippen LogP contribution in [-0.4, -0.2) is 19.5 Å². The molecule has 0 aromatic carbocycles. The molecule has 0 amide bonds. The number of nitrogens with two attached hydrogens (primary N) is 2. The Kier molecular flexibility index (Phi) is 1.53. The van der Waals surface area contributed by atoms with Crippen molar-refractivity contribution in [2.75, 3.05) is 11.5 Å². The zero-order valence-electron chi connectivity index (χ0n) is 6.82. The van der Waals surface area contributed by atoms with Crippen molar-refractivity contribution in [3.05, 3.63) is 5.15 Å². The number of halogens is 1. The van der Waals surface area contributed by atoms with E-state index in [9.17, 15) is 0 Å². The van der Waals surface area contributed by atoms with Gasteiger partial charge in [-0.25, -0.2) is 4.98 Å². The summed E-state index contributed by atoms with van der Waals surface area (Å²) in [6.45, 7) is 0. The van der Waals surface area contributed by atoms with Gasteiger partial charge in [-0.05, 0) is 0 Å². The molecule has 0 aliphatic rings. The Labute approximate surface area is 78.5 Å². The Morgan fingerprint density at radius 2 is 1.92 bits per heavy atom. The molecule has 0 spiro atoms. The highest BCUT2D eigenvalue weighted by Gasteiger charge is 2.11. The molecule has 2 aromatic heterocycles. The van der Waals surface area contributed by atoms with Gasteiger partial charge in [-0.1, -0.05) is 11.6 Å². The maximum absolute atomic E-state index is 5.79. The number of aryl methyl sites for hydroxylation is 1. The van der Waals surface area contributed by atoms with Crippen LogP contribution >= 0.6 is 11.6 Å². The summed E-state index contributed by atoms with van der Waals surface area (Å²) in [4.78, 5) is 11.7. The minimum absolute atomic E-state index is 0.112. The van der Waals surface area contributed by atoms with Gasteiger partial charge in [-0.15, -0.1) is 0 Å². The molecule has 7 heteroatoms. The average Bonchev–Trinajstić information content (AvgIpc) is 2.32. The molecule has 13 heavy (non-hydrogen) atoms. The maximum Gasteiger partial charge on any atom is 0.223 e. The fourth-order valence-electron chi connectivity index (χ4n) is 1.06. The molecule has 68 valence electrons. The Morgan fingerprint density at radius 1 is 1.23 bits per heavy atom. The quantitative estimate of drug-likeness (QED) is 0.589. The lowest BCUT2D eigenvalue weighted by Crippen LogP contribution is -1.99. The van der Waals surface area contributed by atoms with Crippen molar-refractivity contribution in [2.24, 2.45) is 7.05 Å². The van der Waals surface area contributed by atoms with Crippen molar-refractivity contribution in [2.45, 2.75) is 0 Å². The zero-order valence-corrected chi connectivity index (χ0v) is 7.58. The lowest BCUT2D eigenvalue weighted by atomic mass is 10.5. The molecule has 6 nitrogen and oxygen atoms in total. The van der Waals surface area contributed by atoms with Gasteiger partial charge in [0.25, 0.3) is 0 Å². The normalized spacial score (nSPS) is 10.9. The van der Waals surface area contributed by atoms with Crippen LogP contribution in [0.25, 0.3) is 11.2 Å². The third-order valence-corrected chi connectivity index (χ3v) is 1.99. The Hall–Kier alpha value is -1.56. The maximum atomic E-state index is 5.79. The SMILES string of the molecule is Cn1c(N)nc2c(Cl)nc(N)nc21. The summed E-state index contributed by atoms with van der Waals surface area (Å²) in [5.74, 6) is 0.442. The Bertz CT molecular complexity index is 475. The third kappa shape index (κ3) is 1.06. The van der Waals surface area contributed by atoms with Gasteiger partial charge < -0.3 is 11.5 Å². The monoisotopic (exact) mass is 198 g/mol. The van der Waals surface area contributed by atoms with Crippen LogP contribution in [0.4, 0.5) is 11.9 Å². The molecule has 0 radical (unpaired) electrons. The van der Waals surface area contributed by atoms with Gasteiger partial charge in [0.1, 0.15) is 5.52 Å². The molecule has 0 unspecified atom stereocenters. The van der Waals surface area contributed by atoms with Crippen LogP contribution in [0.1, 0.15) is 0 Å². The van der Waals surface area contributed by atoms with Crippen LogP contribution in [0, 0.1) is 0 Å². The van der Waals surface area contributed by atoms with E-state index < -0.39 is 0 Å². The lowest BCUT2D eigenvalue weighted by molar-refractivity contribution is 0.946. The first-order valence-corrected chi connectivity index (χ1v) is 3.88. The van der Waals surface area contributed by atoms with E-state index in [0.717, 1.165) is 0 Å². The average molecular weight is 199 g/mol. The van der Waals surface area contributed by atoms with Crippen molar-refractivity contribution < 1.29 is 0 Å². The van der Waals surface area contributed by atoms with E-state index in [1.54, 1.807) is 11.6 Å². The van der Waals surface area contributed by atoms with Gasteiger partial charge in [-0.3, -0.25) is 4.57 Å². The summed E-state index contributed by atoms with van der Waals surface area (Å²) >= 11 is 5.79. The minimum Gasteiger partial charge on any atom is -0.369 e. The molecule has 0 saturated heterocycles. The summed E-state index contributed by atoms with van der Waals surface area (Å²) in [5, 5.41) is 0.217. The number of fused-ring (bicyclic) bond motifs is 1. The minimum atomic E-state index is 0.112. The highest BCUT2D eigenvalue weighted by Crippen LogP contribution is 2.21. The van der Waals surface area contributed by atoms with Crippen molar-refractivity contribution in [3.8, 4) is 0 Å². The van der Waals surface area contributed by atoms with E-state index in [2.05, 4.69) is 15.0 Å². The molecule has 4 N–H and O–H groups in total. The number of rotatable bonds is 0. The number of nitrogens with zero attached hydrogens (tertiary/aromatic N) is 4. The fraction of sp³-hybridized carbons (Fsp3) is 0.167. The van der Waals surface area contributed by atoms with Gasteiger partial charge in [0, 0.05) is 7.05 Å². The molecule has 0 aliphatic carbocycles. The number of hydrogen-bond acceptors (Lipinski definition) is 5. The second kappa shape index (κ2) is 2.46. The first kappa shape index (κ1) is 8.06. The van der Waals surface area contributed by atoms with Crippen LogP contribution in [0.2, 0.25) is 5.15 Å². The molecule has 2 aromatic rings. The van der Waals surface area contributed by atoms with Crippen LogP contribution in [-0.2, 0) is 7.05 Å². The Balaban J connectivity index is 2.94. The number of nitrogen functional groups attached to an aromatic ring is 2. The van der Waals surface area contributed by atoms with E-state index in [4.69, 9.17) is 23.1 Å². The van der Waals surface area contributed by atoms with Crippen molar-refractivity contribution in [1.29, 1.82) is 0 Å². The van der Waals surface area contributed by atoms with E-state index in [1.165, 1.54) is 0 Å². The summed E-state index contributed by atoms with van der Waals surface area (Å²) in [6.07, 6.45) is 0. The summed E-state index contributed by atoms with van der Waals surface area (Å²) in [7, 11) is 1.73. The first-order valence-electron chi connectivity index (χ1n) is 3.50. The predicted molar refractivity (Wildman–Crippen MR) is 50.1 cm³/mol. The van der Waals surface area contributed by atoms with Crippen molar-refractivity contribution in [1.82, 2.24) is 19.5 Å². The van der Waals surface area contributed by atoms with Crippen molar-refractivity contribution in [3.63, 3.8) is 0 Å². The van der Waals surface area contributed by atoms with Gasteiger partial charge in [-0.2, -0.15) is 9.97 Å². The molecule has 0 saturated carbocycles. The third-order valence-electron chi connectivity index (χ3n) is 1.73. The standard InChI is InChI=1S/C6H7ClN6/c1-13-4-2(10-6(13)9)3(7)11-5(8)12-4/h1H3,(H2,9,10)(H2,8,11,12). The van der Waals surface area contributed by atoms with Gasteiger partial charge >= 0.3 is 0 Å². The summed E-state index contributed by atoms with van der Waals surface area (Å²) in [6, 6.07) is 0. The zero-order chi connectivity index (χ0) is 9.59. The fourth-order valence-corrected chi connectivity index (χ4v) is 1.27. The van der Waals surface area contributed by atoms with E-state index >= 15 is 0 Å². The summed E-state index contributed by atoms with van der Waals surface area (Å²) in [5.41, 5.74) is 12.0. The van der Waals surface area contributed by atoms with Crippen LogP contribution in [0.3, 0.4) is 0 Å². The van der Waals surface area contributed by atoms with Crippen LogP contribution < -0.4 is 11.5 Å². The molecule has 0 bridgehead atoms. The smallest absolute Gasteiger partial charge is 0.223 e. The highest BCUT2D eigenvalue weighted by molar-refractivity contribution is 6.33. The topological polar surface area (TPSA) is 95.6 Å². The van der Waals surface area contributed by atoms with Gasteiger partial charge in [0.05, 0.1) is 0 Å². The molecule has 2 rings (SSSR count). The molecule has 0 aliphatic heterocycles. The highest BCUT2D eigenvalue weighted by atomic mass is 35.5. The predicted octanol–water partition coefficient (Wildman–Crippen LogP) is 0.181. The Morgan fingerprint density at radius 3 is 2.62 bits per heavy atom.